The minimum atomic E-state index is -0.750. The van der Waals surface area contributed by atoms with Crippen LogP contribution in [0, 0.1) is 29.9 Å². The molecule has 0 saturated heterocycles. The van der Waals surface area contributed by atoms with E-state index in [-0.39, 0.29) is 52.3 Å². The van der Waals surface area contributed by atoms with Gasteiger partial charge in [0.25, 0.3) is 0 Å². The van der Waals surface area contributed by atoms with Gasteiger partial charge in [-0.05, 0) is 31.2 Å². The standard InChI is InChI=1S/C19H11F2N5O.Na/c1-10-18(14-5-3-12(20)6-15(14)21)19-24-16(7-17(27)26(19)25-10)11-2-4-13(8-22)23-9-11;/h2-7,9,27H,1H3;. The Morgan fingerprint density at radius 2 is 1.93 bits per heavy atom. The summed E-state index contributed by atoms with van der Waals surface area (Å²) in [7, 11) is 0. The van der Waals surface area contributed by atoms with E-state index in [1.807, 2.05) is 6.07 Å². The van der Waals surface area contributed by atoms with E-state index in [0.717, 1.165) is 12.1 Å². The Labute approximate surface area is 180 Å². The van der Waals surface area contributed by atoms with Gasteiger partial charge in [-0.25, -0.2) is 18.7 Å². The summed E-state index contributed by atoms with van der Waals surface area (Å²) in [5.74, 6) is -1.64. The molecular weight excluding hydrogens is 375 g/mol. The van der Waals surface area contributed by atoms with Crippen LogP contribution in [0.15, 0.2) is 42.6 Å². The zero-order valence-corrected chi connectivity index (χ0v) is 17.0. The van der Waals surface area contributed by atoms with Gasteiger partial charge in [0.15, 0.2) is 5.65 Å². The Bertz CT molecular complexity index is 1230. The fourth-order valence-electron chi connectivity index (χ4n) is 2.87. The summed E-state index contributed by atoms with van der Waals surface area (Å²) in [6.45, 7) is 1.65. The summed E-state index contributed by atoms with van der Waals surface area (Å²) in [5.41, 5.74) is 2.32. The van der Waals surface area contributed by atoms with Gasteiger partial charge >= 0.3 is 0 Å². The number of fused-ring (bicyclic) bond motifs is 1. The summed E-state index contributed by atoms with van der Waals surface area (Å²) in [4.78, 5) is 8.47. The molecule has 133 valence electrons. The molecule has 6 nitrogen and oxygen atoms in total. The fraction of sp³-hybridized carbons (Fsp3) is 0.0526. The molecule has 0 bridgehead atoms. The third-order valence-corrected chi connectivity index (χ3v) is 4.12. The number of halogens is 2. The molecule has 3 heterocycles. The maximum Gasteiger partial charge on any atom is 0.216 e. The van der Waals surface area contributed by atoms with E-state index < -0.39 is 11.6 Å². The molecule has 0 saturated carbocycles. The van der Waals surface area contributed by atoms with E-state index >= 15 is 0 Å². The molecule has 9 heteroatoms. The van der Waals surface area contributed by atoms with Crippen molar-refractivity contribution in [3.8, 4) is 34.3 Å². The number of aryl methyl sites for hydroxylation is 1. The summed E-state index contributed by atoms with van der Waals surface area (Å²) >= 11 is 0. The van der Waals surface area contributed by atoms with Gasteiger partial charge in [0, 0.05) is 59.0 Å². The van der Waals surface area contributed by atoms with E-state index in [0.29, 0.717) is 22.5 Å². The van der Waals surface area contributed by atoms with E-state index in [4.69, 9.17) is 5.26 Å². The van der Waals surface area contributed by atoms with E-state index in [2.05, 4.69) is 15.1 Å². The van der Waals surface area contributed by atoms with E-state index in [1.54, 1.807) is 13.0 Å². The van der Waals surface area contributed by atoms with Crippen LogP contribution in [0.5, 0.6) is 5.88 Å². The van der Waals surface area contributed by atoms with Crippen molar-refractivity contribution in [2.24, 2.45) is 0 Å². The number of hydrogen-bond donors (Lipinski definition) is 1. The van der Waals surface area contributed by atoms with Gasteiger partial charge in [-0.2, -0.15) is 14.9 Å². The van der Waals surface area contributed by atoms with Crippen molar-refractivity contribution in [2.75, 3.05) is 0 Å². The molecular formula is C19H11F2N5NaO. The minimum absolute atomic E-state index is 0. The molecule has 0 amide bonds. The van der Waals surface area contributed by atoms with Crippen molar-refractivity contribution < 1.29 is 13.9 Å². The van der Waals surface area contributed by atoms with Crippen molar-refractivity contribution in [2.45, 2.75) is 6.92 Å². The van der Waals surface area contributed by atoms with Gasteiger partial charge in [0.2, 0.25) is 5.88 Å². The normalized spacial score (nSPS) is 10.5. The first kappa shape index (κ1) is 19.9. The van der Waals surface area contributed by atoms with Crippen LogP contribution in [0.25, 0.3) is 28.0 Å². The van der Waals surface area contributed by atoms with Crippen molar-refractivity contribution in [3.05, 3.63) is 65.6 Å². The fourth-order valence-corrected chi connectivity index (χ4v) is 2.87. The number of nitriles is 1. The monoisotopic (exact) mass is 386 g/mol. The van der Waals surface area contributed by atoms with E-state index in [9.17, 15) is 13.9 Å². The second-order valence-electron chi connectivity index (χ2n) is 5.86. The molecule has 0 spiro atoms. The Balaban J connectivity index is 0.00000225. The van der Waals surface area contributed by atoms with Crippen LogP contribution < -0.4 is 0 Å². The van der Waals surface area contributed by atoms with Crippen LogP contribution in [0.4, 0.5) is 8.78 Å². The molecule has 0 fully saturated rings. The molecule has 28 heavy (non-hydrogen) atoms. The van der Waals surface area contributed by atoms with Crippen LogP contribution in [0.2, 0.25) is 0 Å². The molecule has 0 unspecified atom stereocenters. The molecule has 1 aromatic carbocycles. The van der Waals surface area contributed by atoms with Crippen LogP contribution in [0.3, 0.4) is 0 Å². The number of pyridine rings is 1. The zero-order valence-electron chi connectivity index (χ0n) is 15.0. The van der Waals surface area contributed by atoms with Gasteiger partial charge < -0.3 is 5.11 Å². The number of aromatic nitrogens is 4. The molecule has 0 aliphatic carbocycles. The van der Waals surface area contributed by atoms with Crippen LogP contribution in [-0.4, -0.2) is 54.2 Å². The quantitative estimate of drug-likeness (QED) is 0.535. The molecule has 4 rings (SSSR count). The second kappa shape index (κ2) is 7.64. The van der Waals surface area contributed by atoms with Crippen molar-refractivity contribution in [1.82, 2.24) is 19.6 Å². The molecule has 0 aliphatic heterocycles. The van der Waals surface area contributed by atoms with Crippen molar-refractivity contribution in [1.29, 1.82) is 5.26 Å². The maximum absolute atomic E-state index is 14.3. The predicted molar refractivity (Wildman–Crippen MR) is 98.4 cm³/mol. The largest absolute Gasteiger partial charge is 0.493 e. The topological polar surface area (TPSA) is 87.1 Å². The second-order valence-corrected chi connectivity index (χ2v) is 5.86. The smallest absolute Gasteiger partial charge is 0.216 e. The molecule has 4 aromatic rings. The molecule has 1 N–H and O–H groups in total. The van der Waals surface area contributed by atoms with Gasteiger partial charge in [-0.15, -0.1) is 0 Å². The number of rotatable bonds is 2. The molecule has 0 atom stereocenters. The summed E-state index contributed by atoms with van der Waals surface area (Å²) in [6.07, 6.45) is 1.46. The number of nitrogens with zero attached hydrogens (tertiary/aromatic N) is 5. The van der Waals surface area contributed by atoms with E-state index in [1.165, 1.54) is 28.9 Å². The number of aromatic hydroxyl groups is 1. The molecule has 3 aromatic heterocycles. The first-order chi connectivity index (χ1) is 13.0. The first-order valence-electron chi connectivity index (χ1n) is 7.89. The molecule has 0 aliphatic rings. The predicted octanol–water partition coefficient (Wildman–Crippen LogP) is 3.24. The van der Waals surface area contributed by atoms with Gasteiger partial charge in [0.05, 0.1) is 17.0 Å². The van der Waals surface area contributed by atoms with Crippen LogP contribution in [0.1, 0.15) is 11.4 Å². The summed E-state index contributed by atoms with van der Waals surface area (Å²) in [5, 5.41) is 23.4. The van der Waals surface area contributed by atoms with Gasteiger partial charge in [-0.3, -0.25) is 0 Å². The first-order valence-corrected chi connectivity index (χ1v) is 7.89. The van der Waals surface area contributed by atoms with Crippen LogP contribution >= 0.6 is 0 Å². The SMILES string of the molecule is Cc1nn2c(O)cc(-c3ccc(C#N)nc3)nc2c1-c1ccc(F)cc1F.[Na]. The maximum atomic E-state index is 14.3. The van der Waals surface area contributed by atoms with Crippen molar-refractivity contribution in [3.63, 3.8) is 0 Å². The number of hydrogen-bond acceptors (Lipinski definition) is 5. The number of benzene rings is 1. The minimum Gasteiger partial charge on any atom is -0.493 e. The third-order valence-electron chi connectivity index (χ3n) is 4.12. The molecule has 1 radical (unpaired) electrons. The van der Waals surface area contributed by atoms with Gasteiger partial charge in [0.1, 0.15) is 23.4 Å². The average molecular weight is 386 g/mol. The Morgan fingerprint density at radius 3 is 2.57 bits per heavy atom. The van der Waals surface area contributed by atoms with Gasteiger partial charge in [-0.1, -0.05) is 0 Å². The van der Waals surface area contributed by atoms with Crippen molar-refractivity contribution >= 4 is 35.2 Å². The van der Waals surface area contributed by atoms with Crippen LogP contribution in [-0.2, 0) is 0 Å². The summed E-state index contributed by atoms with van der Waals surface area (Å²) in [6, 6.07) is 9.73. The Morgan fingerprint density at radius 1 is 1.14 bits per heavy atom. The zero-order chi connectivity index (χ0) is 19.1. The Kier molecular flexibility index (Phi) is 5.42. The third kappa shape index (κ3) is 3.36. The summed E-state index contributed by atoms with van der Waals surface area (Å²) < 4.78 is 28.8. The Hall–Kier alpha value is -2.86. The average Bonchev–Trinajstić information content (AvgIpc) is 2.98.